The predicted octanol–water partition coefficient (Wildman–Crippen LogP) is 5.53. The fraction of sp³-hybridized carbons (Fsp3) is 0.0769. The summed E-state index contributed by atoms with van der Waals surface area (Å²) in [5.41, 5.74) is 2.08. The topological polar surface area (TPSA) is 45.0 Å². The summed E-state index contributed by atoms with van der Waals surface area (Å²) in [4.78, 5) is 0. The molecule has 0 saturated carbocycles. The molecule has 0 aromatic heterocycles. The third kappa shape index (κ3) is 3.09. The van der Waals surface area contributed by atoms with E-state index in [0.29, 0.717) is 16.4 Å². The van der Waals surface area contributed by atoms with Crippen LogP contribution in [-0.4, -0.2) is 5.11 Å². The van der Waals surface area contributed by atoms with Gasteiger partial charge in [-0.15, -0.1) is 5.11 Å². The van der Waals surface area contributed by atoms with Crippen molar-refractivity contribution in [3.63, 3.8) is 0 Å². The van der Waals surface area contributed by atoms with Gasteiger partial charge in [0.05, 0.1) is 10.7 Å². The molecule has 0 fully saturated rings. The van der Waals surface area contributed by atoms with Crippen molar-refractivity contribution in [2.75, 3.05) is 0 Å². The lowest BCUT2D eigenvalue weighted by atomic mass is 10.2. The molecule has 0 bridgehead atoms. The van der Waals surface area contributed by atoms with Gasteiger partial charge in [0.25, 0.3) is 0 Å². The molecule has 0 amide bonds. The van der Waals surface area contributed by atoms with E-state index in [1.807, 2.05) is 13.0 Å². The number of halogens is 2. The molecule has 0 aliphatic carbocycles. The monoisotopic (exact) mass is 324 g/mol. The molecule has 5 heteroatoms. The lowest BCUT2D eigenvalue weighted by Crippen LogP contribution is -1.72. The van der Waals surface area contributed by atoms with Crippen LogP contribution in [0.5, 0.6) is 5.75 Å². The van der Waals surface area contributed by atoms with Gasteiger partial charge in [-0.1, -0.05) is 17.7 Å². The maximum atomic E-state index is 9.62. The minimum Gasteiger partial charge on any atom is -0.506 e. The first kappa shape index (κ1) is 13.1. The molecule has 0 radical (unpaired) electrons. The lowest BCUT2D eigenvalue weighted by Gasteiger charge is -2.00. The van der Waals surface area contributed by atoms with Crippen LogP contribution in [0.25, 0.3) is 0 Å². The van der Waals surface area contributed by atoms with Crippen molar-refractivity contribution in [3.8, 4) is 5.75 Å². The molecule has 2 aromatic rings. The molecule has 0 heterocycles. The van der Waals surface area contributed by atoms with E-state index in [4.69, 9.17) is 11.6 Å². The summed E-state index contributed by atoms with van der Waals surface area (Å²) in [6, 6.07) is 10.4. The molecule has 0 atom stereocenters. The Bertz CT molecular complexity index is 614. The molecule has 0 spiro atoms. The summed E-state index contributed by atoms with van der Waals surface area (Å²) in [5, 5.41) is 18.2. The van der Waals surface area contributed by atoms with Gasteiger partial charge >= 0.3 is 0 Å². The van der Waals surface area contributed by atoms with Crippen LogP contribution in [0, 0.1) is 6.92 Å². The van der Waals surface area contributed by atoms with Crippen LogP contribution in [0.2, 0.25) is 5.02 Å². The summed E-state index contributed by atoms with van der Waals surface area (Å²) >= 11 is 9.26. The highest BCUT2D eigenvalue weighted by molar-refractivity contribution is 9.10. The highest BCUT2D eigenvalue weighted by Crippen LogP contribution is 2.31. The average molecular weight is 326 g/mol. The van der Waals surface area contributed by atoms with Crippen molar-refractivity contribution in [1.29, 1.82) is 0 Å². The fourth-order valence-corrected chi connectivity index (χ4v) is 1.79. The van der Waals surface area contributed by atoms with Gasteiger partial charge in [0.15, 0.2) is 0 Å². The minimum atomic E-state index is 0.104. The predicted molar refractivity (Wildman–Crippen MR) is 76.2 cm³/mol. The largest absolute Gasteiger partial charge is 0.506 e. The normalized spacial score (nSPS) is 11.1. The number of aromatic hydroxyl groups is 1. The fourth-order valence-electron chi connectivity index (χ4n) is 1.37. The van der Waals surface area contributed by atoms with Crippen molar-refractivity contribution in [2.45, 2.75) is 6.92 Å². The Labute approximate surface area is 118 Å². The maximum Gasteiger partial charge on any atom is 0.143 e. The van der Waals surface area contributed by atoms with Crippen LogP contribution in [0.3, 0.4) is 0 Å². The SMILES string of the molecule is Cc1ccc(O)c(N=Nc2ccc(Br)c(Cl)c2)c1. The summed E-state index contributed by atoms with van der Waals surface area (Å²) in [7, 11) is 0. The Morgan fingerprint density at radius 1 is 1.11 bits per heavy atom. The number of hydrogen-bond acceptors (Lipinski definition) is 3. The second-order valence-electron chi connectivity index (χ2n) is 3.79. The van der Waals surface area contributed by atoms with E-state index in [1.54, 1.807) is 30.3 Å². The van der Waals surface area contributed by atoms with E-state index in [9.17, 15) is 5.11 Å². The first-order chi connectivity index (χ1) is 8.56. The van der Waals surface area contributed by atoms with E-state index in [-0.39, 0.29) is 5.75 Å². The van der Waals surface area contributed by atoms with Crippen LogP contribution in [0.1, 0.15) is 5.56 Å². The molecular formula is C13H10BrClN2O. The lowest BCUT2D eigenvalue weighted by molar-refractivity contribution is 0.476. The molecule has 0 aliphatic rings. The number of aryl methyl sites for hydroxylation is 1. The van der Waals surface area contributed by atoms with Crippen LogP contribution in [-0.2, 0) is 0 Å². The maximum absolute atomic E-state index is 9.62. The Hall–Kier alpha value is -1.39. The first-order valence-electron chi connectivity index (χ1n) is 5.22. The molecular weight excluding hydrogens is 316 g/mol. The summed E-state index contributed by atoms with van der Waals surface area (Å²) < 4.78 is 0.807. The molecule has 0 saturated heterocycles. The summed E-state index contributed by atoms with van der Waals surface area (Å²) in [6.45, 7) is 1.93. The van der Waals surface area contributed by atoms with Gasteiger partial charge in [-0.2, -0.15) is 5.11 Å². The van der Waals surface area contributed by atoms with E-state index in [0.717, 1.165) is 10.0 Å². The van der Waals surface area contributed by atoms with Gasteiger partial charge < -0.3 is 5.11 Å². The Morgan fingerprint density at radius 3 is 2.61 bits per heavy atom. The zero-order valence-corrected chi connectivity index (χ0v) is 11.9. The number of benzene rings is 2. The van der Waals surface area contributed by atoms with Gasteiger partial charge in [0.2, 0.25) is 0 Å². The Balaban J connectivity index is 2.29. The van der Waals surface area contributed by atoms with Crippen LogP contribution < -0.4 is 0 Å². The summed E-state index contributed by atoms with van der Waals surface area (Å²) in [5.74, 6) is 0.104. The smallest absolute Gasteiger partial charge is 0.143 e. The highest BCUT2D eigenvalue weighted by Gasteiger charge is 2.01. The molecule has 0 unspecified atom stereocenters. The Morgan fingerprint density at radius 2 is 1.89 bits per heavy atom. The number of hydrogen-bond donors (Lipinski definition) is 1. The molecule has 18 heavy (non-hydrogen) atoms. The van der Waals surface area contributed by atoms with Crippen LogP contribution in [0.4, 0.5) is 11.4 Å². The highest BCUT2D eigenvalue weighted by atomic mass is 79.9. The molecule has 92 valence electrons. The van der Waals surface area contributed by atoms with Gasteiger partial charge in [0.1, 0.15) is 11.4 Å². The number of azo groups is 1. The van der Waals surface area contributed by atoms with E-state index < -0.39 is 0 Å². The second-order valence-corrected chi connectivity index (χ2v) is 5.05. The number of rotatable bonds is 2. The molecule has 3 nitrogen and oxygen atoms in total. The molecule has 1 N–H and O–H groups in total. The molecule has 2 rings (SSSR count). The van der Waals surface area contributed by atoms with Gasteiger partial charge in [-0.3, -0.25) is 0 Å². The number of nitrogens with zero attached hydrogens (tertiary/aromatic N) is 2. The van der Waals surface area contributed by atoms with Gasteiger partial charge in [0, 0.05) is 4.47 Å². The quantitative estimate of drug-likeness (QED) is 0.725. The molecule has 2 aromatic carbocycles. The van der Waals surface area contributed by atoms with Crippen molar-refractivity contribution in [2.24, 2.45) is 10.2 Å². The van der Waals surface area contributed by atoms with E-state index >= 15 is 0 Å². The van der Waals surface area contributed by atoms with Crippen molar-refractivity contribution >= 4 is 38.9 Å². The van der Waals surface area contributed by atoms with Crippen molar-refractivity contribution in [1.82, 2.24) is 0 Å². The number of phenolic OH excluding ortho intramolecular Hbond substituents is 1. The van der Waals surface area contributed by atoms with E-state index in [2.05, 4.69) is 26.2 Å². The molecule has 0 aliphatic heterocycles. The standard InChI is InChI=1S/C13H10BrClN2O/c1-8-2-5-13(18)12(6-8)17-16-9-3-4-10(14)11(15)7-9/h2-7,18H,1H3. The Kier molecular flexibility index (Phi) is 3.99. The number of phenols is 1. The van der Waals surface area contributed by atoms with E-state index in [1.165, 1.54) is 0 Å². The van der Waals surface area contributed by atoms with Gasteiger partial charge in [-0.05, 0) is 58.7 Å². The zero-order chi connectivity index (χ0) is 13.1. The van der Waals surface area contributed by atoms with Crippen molar-refractivity contribution < 1.29 is 5.11 Å². The third-order valence-electron chi connectivity index (χ3n) is 2.31. The second kappa shape index (κ2) is 5.50. The first-order valence-corrected chi connectivity index (χ1v) is 6.40. The van der Waals surface area contributed by atoms with Crippen LogP contribution >= 0.6 is 27.5 Å². The van der Waals surface area contributed by atoms with Crippen LogP contribution in [0.15, 0.2) is 51.1 Å². The summed E-state index contributed by atoms with van der Waals surface area (Å²) in [6.07, 6.45) is 0. The third-order valence-corrected chi connectivity index (χ3v) is 3.54. The van der Waals surface area contributed by atoms with Crippen molar-refractivity contribution in [3.05, 3.63) is 51.5 Å². The average Bonchev–Trinajstić information content (AvgIpc) is 2.34. The zero-order valence-electron chi connectivity index (χ0n) is 9.56. The van der Waals surface area contributed by atoms with Gasteiger partial charge in [-0.25, -0.2) is 0 Å². The minimum absolute atomic E-state index is 0.104.